The minimum absolute atomic E-state index is 0.184. The third-order valence-corrected chi connectivity index (χ3v) is 1.23. The summed E-state index contributed by atoms with van der Waals surface area (Å²) in [6.07, 6.45) is 1.24. The van der Waals surface area contributed by atoms with Gasteiger partial charge in [0.2, 0.25) is 5.91 Å². The minimum atomic E-state index is -2.17. The molecule has 15 heavy (non-hydrogen) atoms. The number of rotatable bonds is 2. The Kier molecular flexibility index (Phi) is 6.91. The summed E-state index contributed by atoms with van der Waals surface area (Å²) >= 11 is 0. The first-order valence-corrected chi connectivity index (χ1v) is 4.09. The van der Waals surface area contributed by atoms with Crippen LogP contribution in [0.1, 0.15) is 0 Å². The smallest absolute Gasteiger partial charge is 0.402 e. The van der Waals surface area contributed by atoms with E-state index in [-0.39, 0.29) is 5.91 Å². The Labute approximate surface area is 87.9 Å². The van der Waals surface area contributed by atoms with Crippen molar-refractivity contribution in [1.82, 2.24) is 0 Å². The van der Waals surface area contributed by atoms with Crippen molar-refractivity contribution >= 4 is 18.9 Å². The standard InChI is InChI=1S/C9H9NO.BH3O3/c1-2-9(11)10-8-6-4-3-5-7-8;2-1(3)4/h2-7H,1H2,(H,10,11);2-4H. The van der Waals surface area contributed by atoms with Gasteiger partial charge in [0, 0.05) is 5.69 Å². The molecule has 80 valence electrons. The molecule has 0 aliphatic carbocycles. The van der Waals surface area contributed by atoms with Crippen LogP contribution in [0, 0.1) is 0 Å². The van der Waals surface area contributed by atoms with Gasteiger partial charge in [0.15, 0.2) is 0 Å². The van der Waals surface area contributed by atoms with Crippen molar-refractivity contribution in [2.24, 2.45) is 0 Å². The Hall–Kier alpha value is -1.63. The zero-order valence-corrected chi connectivity index (χ0v) is 8.00. The summed E-state index contributed by atoms with van der Waals surface area (Å²) in [5.74, 6) is -0.184. The fourth-order valence-corrected chi connectivity index (χ4v) is 0.715. The molecule has 0 atom stereocenters. The zero-order valence-electron chi connectivity index (χ0n) is 8.00. The molecule has 0 bridgehead atoms. The van der Waals surface area contributed by atoms with Crippen LogP contribution in [-0.4, -0.2) is 28.3 Å². The highest BCUT2D eigenvalue weighted by Gasteiger charge is 1.93. The van der Waals surface area contributed by atoms with Crippen LogP contribution in [0.3, 0.4) is 0 Å². The van der Waals surface area contributed by atoms with Gasteiger partial charge in [-0.25, -0.2) is 0 Å². The maximum absolute atomic E-state index is 10.8. The topological polar surface area (TPSA) is 89.8 Å². The van der Waals surface area contributed by atoms with Gasteiger partial charge in [-0.15, -0.1) is 0 Å². The van der Waals surface area contributed by atoms with Crippen LogP contribution >= 0.6 is 0 Å². The molecule has 0 unspecified atom stereocenters. The lowest BCUT2D eigenvalue weighted by molar-refractivity contribution is -0.111. The number of carbonyl (C=O) groups is 1. The van der Waals surface area contributed by atoms with Gasteiger partial charge >= 0.3 is 7.32 Å². The molecular weight excluding hydrogens is 197 g/mol. The predicted molar refractivity (Wildman–Crippen MR) is 57.7 cm³/mol. The van der Waals surface area contributed by atoms with Crippen molar-refractivity contribution in [1.29, 1.82) is 0 Å². The summed E-state index contributed by atoms with van der Waals surface area (Å²) in [6.45, 7) is 3.34. The number of nitrogens with one attached hydrogen (secondary N) is 1. The summed E-state index contributed by atoms with van der Waals surface area (Å²) in [7, 11) is -2.17. The SMILES string of the molecule is C=CC(=O)Nc1ccccc1.OB(O)O. The molecule has 6 heteroatoms. The quantitative estimate of drug-likeness (QED) is 0.399. The van der Waals surface area contributed by atoms with Crippen LogP contribution in [0.5, 0.6) is 0 Å². The summed E-state index contributed by atoms with van der Waals surface area (Å²) in [4.78, 5) is 10.8. The molecule has 0 spiro atoms. The molecule has 0 aromatic heterocycles. The number of amides is 1. The van der Waals surface area contributed by atoms with E-state index in [1.807, 2.05) is 30.3 Å². The molecule has 0 fully saturated rings. The van der Waals surface area contributed by atoms with Crippen LogP contribution < -0.4 is 5.32 Å². The molecule has 0 radical (unpaired) electrons. The average molecular weight is 209 g/mol. The number of para-hydroxylation sites is 1. The number of hydrogen-bond acceptors (Lipinski definition) is 4. The van der Waals surface area contributed by atoms with E-state index in [1.165, 1.54) is 6.08 Å². The van der Waals surface area contributed by atoms with Crippen molar-refractivity contribution in [3.05, 3.63) is 43.0 Å². The van der Waals surface area contributed by atoms with Crippen molar-refractivity contribution in [2.45, 2.75) is 0 Å². The fraction of sp³-hybridized carbons (Fsp3) is 0. The van der Waals surface area contributed by atoms with E-state index < -0.39 is 7.32 Å². The van der Waals surface area contributed by atoms with Gasteiger partial charge in [-0.2, -0.15) is 0 Å². The molecular formula is C9H12BNO4. The monoisotopic (exact) mass is 209 g/mol. The molecule has 1 rings (SSSR count). The molecule has 1 aromatic carbocycles. The zero-order chi connectivity index (χ0) is 11.7. The lowest BCUT2D eigenvalue weighted by atomic mass is 10.3. The highest BCUT2D eigenvalue weighted by atomic mass is 16.5. The predicted octanol–water partition coefficient (Wildman–Crippen LogP) is -0.241. The second-order valence-corrected chi connectivity index (χ2v) is 2.41. The number of hydrogen-bond donors (Lipinski definition) is 4. The van der Waals surface area contributed by atoms with Gasteiger partial charge in [0.1, 0.15) is 0 Å². The number of carbonyl (C=O) groups excluding carboxylic acids is 1. The largest absolute Gasteiger partial charge is 0.631 e. The second-order valence-electron chi connectivity index (χ2n) is 2.41. The van der Waals surface area contributed by atoms with E-state index in [0.29, 0.717) is 0 Å². The van der Waals surface area contributed by atoms with Crippen molar-refractivity contribution in [3.8, 4) is 0 Å². The highest BCUT2D eigenvalue weighted by molar-refractivity contribution is 6.30. The lowest BCUT2D eigenvalue weighted by Crippen LogP contribution is -2.07. The summed E-state index contributed by atoms with van der Waals surface area (Å²) < 4.78 is 0. The first-order valence-electron chi connectivity index (χ1n) is 4.09. The van der Waals surface area contributed by atoms with Gasteiger partial charge in [-0.1, -0.05) is 24.8 Å². The van der Waals surface area contributed by atoms with E-state index in [9.17, 15) is 4.79 Å². The summed E-state index contributed by atoms with van der Waals surface area (Å²) in [5.41, 5.74) is 0.789. The van der Waals surface area contributed by atoms with E-state index in [1.54, 1.807) is 0 Å². The minimum Gasteiger partial charge on any atom is -0.402 e. The first kappa shape index (κ1) is 13.4. The van der Waals surface area contributed by atoms with Crippen LogP contribution in [-0.2, 0) is 4.79 Å². The molecule has 0 heterocycles. The molecule has 1 aromatic rings. The van der Waals surface area contributed by atoms with E-state index in [0.717, 1.165) is 5.69 Å². The van der Waals surface area contributed by atoms with Gasteiger partial charge in [-0.3, -0.25) is 4.79 Å². The third-order valence-electron chi connectivity index (χ3n) is 1.23. The van der Waals surface area contributed by atoms with Crippen LogP contribution in [0.2, 0.25) is 0 Å². The van der Waals surface area contributed by atoms with Crippen molar-refractivity contribution in [2.75, 3.05) is 5.32 Å². The highest BCUT2D eigenvalue weighted by Crippen LogP contribution is 2.03. The Morgan fingerprint density at radius 3 is 2.13 bits per heavy atom. The van der Waals surface area contributed by atoms with Gasteiger partial charge in [0.05, 0.1) is 0 Å². The first-order chi connectivity index (χ1) is 7.06. The van der Waals surface area contributed by atoms with Crippen molar-refractivity contribution in [3.63, 3.8) is 0 Å². The Morgan fingerprint density at radius 2 is 1.73 bits per heavy atom. The van der Waals surface area contributed by atoms with Crippen LogP contribution in [0.15, 0.2) is 43.0 Å². The van der Waals surface area contributed by atoms with Crippen molar-refractivity contribution < 1.29 is 19.9 Å². The molecule has 5 nitrogen and oxygen atoms in total. The molecule has 0 saturated heterocycles. The lowest BCUT2D eigenvalue weighted by Gasteiger charge is -1.98. The van der Waals surface area contributed by atoms with Gasteiger partial charge < -0.3 is 20.4 Å². The van der Waals surface area contributed by atoms with E-state index in [2.05, 4.69) is 11.9 Å². The Bertz CT molecular complexity index is 299. The molecule has 0 aliphatic heterocycles. The summed E-state index contributed by atoms with van der Waals surface area (Å²) in [5, 5.41) is 24.1. The average Bonchev–Trinajstić information content (AvgIpc) is 2.18. The van der Waals surface area contributed by atoms with Crippen LogP contribution in [0.4, 0.5) is 5.69 Å². The second kappa shape index (κ2) is 7.75. The maximum atomic E-state index is 10.8. The Morgan fingerprint density at radius 1 is 1.27 bits per heavy atom. The fourth-order valence-electron chi connectivity index (χ4n) is 0.715. The molecule has 1 amide bonds. The Balaban J connectivity index is 0.000000423. The van der Waals surface area contributed by atoms with Gasteiger partial charge in [0.25, 0.3) is 0 Å². The normalized spacial score (nSPS) is 8.20. The summed E-state index contributed by atoms with van der Waals surface area (Å²) in [6, 6.07) is 9.25. The molecule has 4 N–H and O–H groups in total. The molecule has 0 aliphatic rings. The number of benzene rings is 1. The number of anilines is 1. The van der Waals surface area contributed by atoms with Gasteiger partial charge in [-0.05, 0) is 18.2 Å². The van der Waals surface area contributed by atoms with E-state index >= 15 is 0 Å². The maximum Gasteiger partial charge on any atom is 0.631 e. The van der Waals surface area contributed by atoms with Crippen LogP contribution in [0.25, 0.3) is 0 Å². The molecule has 0 saturated carbocycles. The van der Waals surface area contributed by atoms with E-state index in [4.69, 9.17) is 15.1 Å². The third kappa shape index (κ3) is 8.70.